The average molecular weight is 395 g/mol. The monoisotopic (exact) mass is 394 g/mol. The number of Topliss-reactive ketones (excluding diaryl/α,β-unsaturated/α-hetero) is 1. The molecule has 27 heavy (non-hydrogen) atoms. The molecule has 1 fully saturated rings. The van der Waals surface area contributed by atoms with E-state index in [4.69, 9.17) is 0 Å². The Morgan fingerprint density at radius 2 is 1.52 bits per heavy atom. The van der Waals surface area contributed by atoms with Gasteiger partial charge in [-0.1, -0.05) is 24.3 Å². The highest BCUT2D eigenvalue weighted by Gasteiger charge is 2.34. The molecule has 0 aromatic heterocycles. The SMILES string of the molecule is CC(C)(O)c1ccc(CC(=O)C2CCC(CS(=O)(=O)C(C)(C)C)CC2)cc1. The summed E-state index contributed by atoms with van der Waals surface area (Å²) in [4.78, 5) is 12.6. The van der Waals surface area contributed by atoms with E-state index in [2.05, 4.69) is 0 Å². The van der Waals surface area contributed by atoms with Gasteiger partial charge in [0, 0.05) is 12.3 Å². The van der Waals surface area contributed by atoms with Crippen molar-refractivity contribution in [2.75, 3.05) is 5.75 Å². The van der Waals surface area contributed by atoms with Gasteiger partial charge in [-0.2, -0.15) is 0 Å². The minimum Gasteiger partial charge on any atom is -0.386 e. The summed E-state index contributed by atoms with van der Waals surface area (Å²) in [6.07, 6.45) is 3.59. The minimum absolute atomic E-state index is 0.0348. The second-order valence-electron chi connectivity index (χ2n) is 9.51. The number of carbonyl (C=O) groups excluding carboxylic acids is 1. The van der Waals surface area contributed by atoms with Crippen molar-refractivity contribution in [3.05, 3.63) is 35.4 Å². The summed E-state index contributed by atoms with van der Waals surface area (Å²) >= 11 is 0. The third-order valence-electron chi connectivity index (χ3n) is 5.73. The molecule has 1 N–H and O–H groups in total. The highest BCUT2D eigenvalue weighted by atomic mass is 32.2. The van der Waals surface area contributed by atoms with Crippen LogP contribution in [0.1, 0.15) is 71.4 Å². The maximum atomic E-state index is 12.6. The van der Waals surface area contributed by atoms with E-state index in [1.807, 2.05) is 24.3 Å². The Bertz CT molecular complexity index is 741. The Kier molecular flexibility index (Phi) is 6.58. The van der Waals surface area contributed by atoms with E-state index in [1.165, 1.54) is 0 Å². The predicted octanol–water partition coefficient (Wildman–Crippen LogP) is 4.05. The van der Waals surface area contributed by atoms with Crippen LogP contribution in [0.3, 0.4) is 0 Å². The van der Waals surface area contributed by atoms with Gasteiger partial charge in [0.15, 0.2) is 9.84 Å². The van der Waals surface area contributed by atoms with Crippen LogP contribution in [0.2, 0.25) is 0 Å². The summed E-state index contributed by atoms with van der Waals surface area (Å²) in [6.45, 7) is 8.74. The molecule has 1 saturated carbocycles. The minimum atomic E-state index is -3.11. The first-order valence-electron chi connectivity index (χ1n) is 9.86. The summed E-state index contributed by atoms with van der Waals surface area (Å²) in [6, 6.07) is 7.56. The molecule has 0 saturated heterocycles. The number of aliphatic hydroxyl groups is 1. The first kappa shape index (κ1) is 22.1. The molecule has 0 radical (unpaired) electrons. The van der Waals surface area contributed by atoms with E-state index < -0.39 is 20.2 Å². The quantitative estimate of drug-likeness (QED) is 0.790. The van der Waals surface area contributed by atoms with Crippen LogP contribution in [-0.2, 0) is 26.7 Å². The van der Waals surface area contributed by atoms with Gasteiger partial charge in [-0.15, -0.1) is 0 Å². The summed E-state index contributed by atoms with van der Waals surface area (Å²) in [5, 5.41) is 10.0. The van der Waals surface area contributed by atoms with Crippen molar-refractivity contribution in [1.82, 2.24) is 0 Å². The molecule has 0 bridgehead atoms. The van der Waals surface area contributed by atoms with Crippen LogP contribution in [-0.4, -0.2) is 29.8 Å². The van der Waals surface area contributed by atoms with Gasteiger partial charge in [0.25, 0.3) is 0 Å². The largest absolute Gasteiger partial charge is 0.386 e. The Morgan fingerprint density at radius 3 is 1.96 bits per heavy atom. The molecule has 0 atom stereocenters. The van der Waals surface area contributed by atoms with Crippen LogP contribution >= 0.6 is 0 Å². The molecular weight excluding hydrogens is 360 g/mol. The summed E-state index contributed by atoms with van der Waals surface area (Å²) in [5.74, 6) is 0.676. The van der Waals surface area contributed by atoms with Gasteiger partial charge >= 0.3 is 0 Å². The van der Waals surface area contributed by atoms with Gasteiger partial charge in [0.1, 0.15) is 5.78 Å². The zero-order valence-electron chi connectivity index (χ0n) is 17.3. The number of rotatable bonds is 6. The summed E-state index contributed by atoms with van der Waals surface area (Å²) in [7, 11) is -3.11. The van der Waals surface area contributed by atoms with Gasteiger partial charge in [0.05, 0.1) is 16.1 Å². The molecule has 1 aromatic rings. The van der Waals surface area contributed by atoms with E-state index in [1.54, 1.807) is 34.6 Å². The van der Waals surface area contributed by atoms with Crippen LogP contribution in [0.5, 0.6) is 0 Å². The molecule has 2 rings (SSSR count). The van der Waals surface area contributed by atoms with E-state index in [0.29, 0.717) is 6.42 Å². The highest BCUT2D eigenvalue weighted by Crippen LogP contribution is 2.33. The first-order chi connectivity index (χ1) is 12.3. The van der Waals surface area contributed by atoms with Crippen LogP contribution in [0, 0.1) is 11.8 Å². The smallest absolute Gasteiger partial charge is 0.155 e. The molecule has 0 amide bonds. The third kappa shape index (κ3) is 5.89. The zero-order chi connectivity index (χ0) is 20.5. The molecule has 5 heteroatoms. The fourth-order valence-corrected chi connectivity index (χ4v) is 5.04. The number of ketones is 1. The standard InChI is InChI=1S/C22H34O4S/c1-21(2,3)27(25,26)15-17-6-10-18(11-7-17)20(23)14-16-8-12-19(13-9-16)22(4,5)24/h8-9,12-13,17-18,24H,6-7,10-11,14-15H2,1-5H3. The Hall–Kier alpha value is -1.20. The van der Waals surface area contributed by atoms with Crippen LogP contribution in [0.25, 0.3) is 0 Å². The van der Waals surface area contributed by atoms with Gasteiger partial charge in [0.2, 0.25) is 0 Å². The van der Waals surface area contributed by atoms with Crippen molar-refractivity contribution in [1.29, 1.82) is 0 Å². The molecule has 4 nitrogen and oxygen atoms in total. The summed E-state index contributed by atoms with van der Waals surface area (Å²) in [5.41, 5.74) is 0.915. The maximum Gasteiger partial charge on any atom is 0.155 e. The van der Waals surface area contributed by atoms with Crippen LogP contribution < -0.4 is 0 Å². The van der Waals surface area contributed by atoms with Gasteiger partial charge in [-0.25, -0.2) is 8.42 Å². The summed E-state index contributed by atoms with van der Waals surface area (Å²) < 4.78 is 24.1. The molecule has 1 aliphatic rings. The number of hydrogen-bond donors (Lipinski definition) is 1. The third-order valence-corrected chi connectivity index (χ3v) is 8.51. The van der Waals surface area contributed by atoms with E-state index in [9.17, 15) is 18.3 Å². The van der Waals surface area contributed by atoms with Crippen LogP contribution in [0.4, 0.5) is 0 Å². The number of benzene rings is 1. The number of carbonyl (C=O) groups is 1. The Balaban J connectivity index is 1.88. The van der Waals surface area contributed by atoms with Crippen molar-refractivity contribution in [3.63, 3.8) is 0 Å². The topological polar surface area (TPSA) is 71.4 Å². The van der Waals surface area contributed by atoms with Crippen molar-refractivity contribution in [2.24, 2.45) is 11.8 Å². The Labute approximate surface area is 164 Å². The average Bonchev–Trinajstić information content (AvgIpc) is 2.53. The van der Waals surface area contributed by atoms with E-state index in [-0.39, 0.29) is 23.4 Å². The second kappa shape index (κ2) is 8.04. The number of hydrogen-bond acceptors (Lipinski definition) is 4. The predicted molar refractivity (Wildman–Crippen MR) is 109 cm³/mol. The fraction of sp³-hybridized carbons (Fsp3) is 0.682. The fourth-order valence-electron chi connectivity index (χ4n) is 3.59. The molecular formula is C22H34O4S. The normalized spacial score (nSPS) is 21.9. The van der Waals surface area contributed by atoms with E-state index in [0.717, 1.165) is 36.8 Å². The lowest BCUT2D eigenvalue weighted by atomic mass is 9.79. The molecule has 0 spiro atoms. The second-order valence-corrected chi connectivity index (χ2v) is 12.3. The maximum absolute atomic E-state index is 12.6. The van der Waals surface area contributed by atoms with Crippen molar-refractivity contribution in [3.8, 4) is 0 Å². The lowest BCUT2D eigenvalue weighted by Gasteiger charge is -2.30. The first-order valence-corrected chi connectivity index (χ1v) is 11.5. The molecule has 152 valence electrons. The molecule has 1 aromatic carbocycles. The van der Waals surface area contributed by atoms with Crippen molar-refractivity contribution < 1.29 is 18.3 Å². The molecule has 1 aliphatic carbocycles. The lowest BCUT2D eigenvalue weighted by molar-refractivity contribution is -0.123. The van der Waals surface area contributed by atoms with Gasteiger partial charge in [-0.05, 0) is 77.3 Å². The lowest BCUT2D eigenvalue weighted by Crippen LogP contribution is -2.35. The molecule has 0 unspecified atom stereocenters. The van der Waals surface area contributed by atoms with Crippen molar-refractivity contribution in [2.45, 2.75) is 77.1 Å². The van der Waals surface area contributed by atoms with Crippen LogP contribution in [0.15, 0.2) is 24.3 Å². The molecule has 0 heterocycles. The van der Waals surface area contributed by atoms with Crippen molar-refractivity contribution >= 4 is 15.6 Å². The Morgan fingerprint density at radius 1 is 1.00 bits per heavy atom. The highest BCUT2D eigenvalue weighted by molar-refractivity contribution is 7.92. The zero-order valence-corrected chi connectivity index (χ0v) is 18.1. The van der Waals surface area contributed by atoms with Gasteiger partial charge in [-0.3, -0.25) is 4.79 Å². The number of sulfone groups is 1. The van der Waals surface area contributed by atoms with Gasteiger partial charge < -0.3 is 5.11 Å². The van der Waals surface area contributed by atoms with E-state index >= 15 is 0 Å². The molecule has 0 aliphatic heterocycles.